The number of nitrogen functional groups attached to an aromatic ring is 1. The second-order valence-corrected chi connectivity index (χ2v) is 4.91. The lowest BCUT2D eigenvalue weighted by Gasteiger charge is -2.04. The van der Waals surface area contributed by atoms with Gasteiger partial charge in [-0.1, -0.05) is 27.3 Å². The lowest BCUT2D eigenvalue weighted by molar-refractivity contribution is 0.289. The van der Waals surface area contributed by atoms with Crippen LogP contribution in [-0.2, 0) is 6.61 Å². The third-order valence-corrected chi connectivity index (χ3v) is 2.95. The van der Waals surface area contributed by atoms with Gasteiger partial charge in [-0.3, -0.25) is 0 Å². The van der Waals surface area contributed by atoms with Crippen molar-refractivity contribution < 1.29 is 9.13 Å². The van der Waals surface area contributed by atoms with E-state index >= 15 is 0 Å². The van der Waals surface area contributed by atoms with Crippen LogP contribution >= 0.6 is 27.3 Å². The number of nitrogens with two attached hydrogens (primary N) is 1. The predicted molar refractivity (Wildman–Crippen MR) is 62.8 cm³/mol. The van der Waals surface area contributed by atoms with Gasteiger partial charge in [0.2, 0.25) is 5.13 Å². The molecule has 1 heterocycles. The van der Waals surface area contributed by atoms with Gasteiger partial charge in [-0.2, -0.15) is 0 Å². The molecule has 7 heteroatoms. The van der Waals surface area contributed by atoms with Crippen molar-refractivity contribution in [2.45, 2.75) is 6.61 Å². The summed E-state index contributed by atoms with van der Waals surface area (Å²) in [5.41, 5.74) is 5.41. The van der Waals surface area contributed by atoms with Gasteiger partial charge in [0, 0.05) is 4.47 Å². The Bertz CT molecular complexity index is 505. The lowest BCUT2D eigenvalue weighted by atomic mass is 10.3. The third-order valence-electron chi connectivity index (χ3n) is 1.73. The minimum absolute atomic E-state index is 0.160. The molecule has 16 heavy (non-hydrogen) atoms. The van der Waals surface area contributed by atoms with Crippen LogP contribution < -0.4 is 10.5 Å². The van der Waals surface area contributed by atoms with E-state index < -0.39 is 5.82 Å². The highest BCUT2D eigenvalue weighted by molar-refractivity contribution is 9.10. The smallest absolute Gasteiger partial charge is 0.203 e. The van der Waals surface area contributed by atoms with Gasteiger partial charge in [0.1, 0.15) is 6.61 Å². The molecule has 2 N–H and O–H groups in total. The topological polar surface area (TPSA) is 61.0 Å². The number of hydrogen-bond acceptors (Lipinski definition) is 5. The van der Waals surface area contributed by atoms with Crippen molar-refractivity contribution >= 4 is 32.4 Å². The zero-order valence-electron chi connectivity index (χ0n) is 7.98. The van der Waals surface area contributed by atoms with Gasteiger partial charge in [0.25, 0.3) is 0 Å². The maximum Gasteiger partial charge on any atom is 0.203 e. The molecule has 0 aliphatic heterocycles. The van der Waals surface area contributed by atoms with Crippen LogP contribution in [-0.4, -0.2) is 10.2 Å². The van der Waals surface area contributed by atoms with E-state index in [0.717, 1.165) is 0 Å². The van der Waals surface area contributed by atoms with Crippen molar-refractivity contribution in [3.05, 3.63) is 33.5 Å². The molecule has 0 amide bonds. The summed E-state index contributed by atoms with van der Waals surface area (Å²) in [5, 5.41) is 8.38. The molecule has 0 unspecified atom stereocenters. The molecule has 4 nitrogen and oxygen atoms in total. The number of anilines is 1. The first-order chi connectivity index (χ1) is 7.65. The van der Waals surface area contributed by atoms with E-state index in [9.17, 15) is 4.39 Å². The summed E-state index contributed by atoms with van der Waals surface area (Å²) >= 11 is 4.38. The highest BCUT2D eigenvalue weighted by atomic mass is 79.9. The molecule has 2 rings (SSSR count). The average Bonchev–Trinajstić information content (AvgIpc) is 2.63. The Morgan fingerprint density at radius 1 is 1.44 bits per heavy atom. The quantitative estimate of drug-likeness (QED) is 0.947. The van der Waals surface area contributed by atoms with Gasteiger partial charge in [0.15, 0.2) is 16.6 Å². The van der Waals surface area contributed by atoms with Crippen LogP contribution in [0.1, 0.15) is 5.01 Å². The summed E-state index contributed by atoms with van der Waals surface area (Å²) in [6, 6.07) is 4.58. The molecular weight excluding hydrogens is 297 g/mol. The SMILES string of the molecule is Nc1nnc(COc2ccc(Br)cc2F)s1. The zero-order chi connectivity index (χ0) is 11.5. The summed E-state index contributed by atoms with van der Waals surface area (Å²) in [6.45, 7) is 0.160. The normalized spacial score (nSPS) is 10.4. The molecule has 0 bridgehead atoms. The fourth-order valence-corrected chi connectivity index (χ4v) is 1.91. The van der Waals surface area contributed by atoms with Gasteiger partial charge in [0.05, 0.1) is 0 Å². The summed E-state index contributed by atoms with van der Waals surface area (Å²) in [4.78, 5) is 0. The van der Waals surface area contributed by atoms with Crippen LogP contribution in [0.15, 0.2) is 22.7 Å². The van der Waals surface area contributed by atoms with Gasteiger partial charge < -0.3 is 10.5 Å². The largest absolute Gasteiger partial charge is 0.483 e. The monoisotopic (exact) mass is 303 g/mol. The molecule has 0 aliphatic rings. The number of hydrogen-bond donors (Lipinski definition) is 1. The molecule has 0 radical (unpaired) electrons. The molecule has 0 saturated carbocycles. The van der Waals surface area contributed by atoms with Crippen LogP contribution in [0.25, 0.3) is 0 Å². The Labute approximate surface area is 103 Å². The first kappa shape index (κ1) is 11.3. The van der Waals surface area contributed by atoms with E-state index in [1.54, 1.807) is 12.1 Å². The molecule has 1 aromatic carbocycles. The summed E-state index contributed by atoms with van der Waals surface area (Å²) < 4.78 is 19.3. The average molecular weight is 304 g/mol. The Kier molecular flexibility index (Phi) is 3.35. The fourth-order valence-electron chi connectivity index (χ4n) is 1.06. The van der Waals surface area contributed by atoms with Crippen molar-refractivity contribution in [1.82, 2.24) is 10.2 Å². The van der Waals surface area contributed by atoms with E-state index in [-0.39, 0.29) is 12.4 Å². The molecule has 0 atom stereocenters. The first-order valence-electron chi connectivity index (χ1n) is 4.31. The van der Waals surface area contributed by atoms with Crippen molar-refractivity contribution in [2.75, 3.05) is 5.73 Å². The molecular formula is C9H7BrFN3OS. The number of ether oxygens (including phenoxy) is 1. The van der Waals surface area contributed by atoms with E-state index in [0.29, 0.717) is 14.6 Å². The standard InChI is InChI=1S/C9H7BrFN3OS/c10-5-1-2-7(6(11)3-5)15-4-8-13-14-9(12)16-8/h1-3H,4H2,(H2,12,14). The fraction of sp³-hybridized carbons (Fsp3) is 0.111. The first-order valence-corrected chi connectivity index (χ1v) is 5.92. The van der Waals surface area contributed by atoms with Crippen LogP contribution in [0.3, 0.4) is 0 Å². The van der Waals surface area contributed by atoms with Crippen molar-refractivity contribution in [1.29, 1.82) is 0 Å². The number of aromatic nitrogens is 2. The molecule has 2 aromatic rings. The Morgan fingerprint density at radius 3 is 2.88 bits per heavy atom. The van der Waals surface area contributed by atoms with Gasteiger partial charge in [-0.15, -0.1) is 10.2 Å². The van der Waals surface area contributed by atoms with Crippen molar-refractivity contribution in [2.24, 2.45) is 0 Å². The minimum Gasteiger partial charge on any atom is -0.483 e. The van der Waals surface area contributed by atoms with E-state index in [2.05, 4.69) is 26.1 Å². The van der Waals surface area contributed by atoms with Gasteiger partial charge >= 0.3 is 0 Å². The summed E-state index contributed by atoms with van der Waals surface area (Å²) in [7, 11) is 0. The number of nitrogens with zero attached hydrogens (tertiary/aromatic N) is 2. The molecule has 1 aromatic heterocycles. The second-order valence-electron chi connectivity index (χ2n) is 2.90. The highest BCUT2D eigenvalue weighted by Gasteiger charge is 2.06. The second kappa shape index (κ2) is 4.75. The number of rotatable bonds is 3. The molecule has 0 spiro atoms. The van der Waals surface area contributed by atoms with E-state index in [1.807, 2.05) is 0 Å². The Morgan fingerprint density at radius 2 is 2.25 bits per heavy atom. The molecule has 0 saturated heterocycles. The maximum absolute atomic E-state index is 13.3. The lowest BCUT2D eigenvalue weighted by Crippen LogP contribution is -1.96. The summed E-state index contributed by atoms with van der Waals surface area (Å²) in [5.74, 6) is -0.246. The molecule has 0 aliphatic carbocycles. The molecule has 84 valence electrons. The van der Waals surface area contributed by atoms with Gasteiger partial charge in [-0.25, -0.2) is 4.39 Å². The van der Waals surface area contributed by atoms with Crippen molar-refractivity contribution in [3.63, 3.8) is 0 Å². The maximum atomic E-state index is 13.3. The predicted octanol–water partition coefficient (Wildman–Crippen LogP) is 2.60. The van der Waals surface area contributed by atoms with Crippen LogP contribution in [0.5, 0.6) is 5.75 Å². The molecule has 0 fully saturated rings. The minimum atomic E-state index is -0.424. The van der Waals surface area contributed by atoms with Crippen LogP contribution in [0.4, 0.5) is 9.52 Å². The Hall–Kier alpha value is -1.21. The summed E-state index contributed by atoms with van der Waals surface area (Å²) in [6.07, 6.45) is 0. The van der Waals surface area contributed by atoms with Crippen molar-refractivity contribution in [3.8, 4) is 5.75 Å². The van der Waals surface area contributed by atoms with Gasteiger partial charge in [-0.05, 0) is 18.2 Å². The third kappa shape index (κ3) is 2.67. The zero-order valence-corrected chi connectivity index (χ0v) is 10.4. The van der Waals surface area contributed by atoms with E-state index in [1.165, 1.54) is 17.4 Å². The number of halogens is 2. The number of benzene rings is 1. The van der Waals surface area contributed by atoms with Crippen LogP contribution in [0, 0.1) is 5.82 Å². The van der Waals surface area contributed by atoms with E-state index in [4.69, 9.17) is 10.5 Å². The highest BCUT2D eigenvalue weighted by Crippen LogP contribution is 2.23. The van der Waals surface area contributed by atoms with Crippen LogP contribution in [0.2, 0.25) is 0 Å². The Balaban J connectivity index is 2.04.